The predicted molar refractivity (Wildman–Crippen MR) is 131 cm³/mol. The Labute approximate surface area is 231 Å². The molecule has 3 aromatic rings. The summed E-state index contributed by atoms with van der Waals surface area (Å²) in [7, 11) is 0. The van der Waals surface area contributed by atoms with Crippen LogP contribution in [0.5, 0.6) is 0 Å². The third-order valence-electron chi connectivity index (χ3n) is 5.89. The molecule has 0 radical (unpaired) electrons. The minimum atomic E-state index is -5.02. The van der Waals surface area contributed by atoms with Gasteiger partial charge in [-0.15, -0.1) is 11.7 Å². The van der Waals surface area contributed by atoms with Gasteiger partial charge in [0, 0.05) is 17.5 Å². The van der Waals surface area contributed by atoms with Crippen molar-refractivity contribution in [2.45, 2.75) is 37.8 Å². The molecule has 1 amide bonds. The zero-order valence-electron chi connectivity index (χ0n) is 20.1. The third kappa shape index (κ3) is 5.37. The Morgan fingerprint density at radius 3 is 2.38 bits per heavy atom. The Hall–Kier alpha value is -3.65. The molecule has 40 heavy (non-hydrogen) atoms. The fourth-order valence-corrected chi connectivity index (χ4v) is 4.46. The van der Waals surface area contributed by atoms with Gasteiger partial charge in [0.1, 0.15) is 0 Å². The minimum Gasteiger partial charge on any atom is -0.374 e. The van der Waals surface area contributed by atoms with Crippen LogP contribution in [0.1, 0.15) is 39.3 Å². The number of anilines is 1. The van der Waals surface area contributed by atoms with Gasteiger partial charge in [0.25, 0.3) is 11.5 Å². The number of hydrogen-bond donors (Lipinski definition) is 1. The summed E-state index contributed by atoms with van der Waals surface area (Å²) in [6.07, 6.45) is -9.52. The van der Waals surface area contributed by atoms with E-state index in [4.69, 9.17) is 28.0 Å². The first-order valence-corrected chi connectivity index (χ1v) is 11.8. The van der Waals surface area contributed by atoms with E-state index in [0.717, 1.165) is 12.1 Å². The standard InChI is InChI=1S/C24H16Cl2F7N5O2/c1-3-6-38-20(23(28,29)30)35-21(36-38)34-19(39)14-5-4-12(7-11(14)2)17-10-22(40-37-17,24(31,32)33)13-8-15(25)18(27)16(26)9-13/h3-5,7-9H,1,6,10H2,2H3,(H,34,36,39). The van der Waals surface area contributed by atoms with Gasteiger partial charge in [0.15, 0.2) is 5.82 Å². The number of carbonyl (C=O) groups excluding carboxylic acids is 1. The third-order valence-corrected chi connectivity index (χ3v) is 6.44. The number of nitrogens with one attached hydrogen (secondary N) is 1. The lowest BCUT2D eigenvalue weighted by Crippen LogP contribution is -2.42. The summed E-state index contributed by atoms with van der Waals surface area (Å²) in [5.74, 6) is -3.91. The van der Waals surface area contributed by atoms with E-state index in [9.17, 15) is 35.5 Å². The van der Waals surface area contributed by atoms with E-state index in [1.54, 1.807) is 0 Å². The van der Waals surface area contributed by atoms with Gasteiger partial charge in [-0.05, 0) is 42.3 Å². The van der Waals surface area contributed by atoms with Gasteiger partial charge in [-0.2, -0.15) is 31.3 Å². The molecule has 16 heteroatoms. The molecular weight excluding hydrogens is 594 g/mol. The van der Waals surface area contributed by atoms with E-state index in [-0.39, 0.29) is 28.9 Å². The molecule has 0 fully saturated rings. The summed E-state index contributed by atoms with van der Waals surface area (Å²) < 4.78 is 96.7. The summed E-state index contributed by atoms with van der Waals surface area (Å²) in [5.41, 5.74) is -3.34. The van der Waals surface area contributed by atoms with Crippen molar-refractivity contribution in [2.24, 2.45) is 5.16 Å². The maximum atomic E-state index is 14.2. The number of benzene rings is 2. The largest absolute Gasteiger partial charge is 0.451 e. The van der Waals surface area contributed by atoms with Crippen molar-refractivity contribution in [1.29, 1.82) is 0 Å². The number of allylic oxidation sites excluding steroid dienone is 1. The number of aryl methyl sites for hydroxylation is 1. The maximum Gasteiger partial charge on any atom is 0.451 e. The molecule has 0 aliphatic carbocycles. The Morgan fingerprint density at radius 1 is 1.18 bits per heavy atom. The smallest absolute Gasteiger partial charge is 0.374 e. The molecule has 2 aromatic carbocycles. The Balaban J connectivity index is 1.59. The molecule has 1 N–H and O–H groups in total. The number of halogens is 9. The van der Waals surface area contributed by atoms with Crippen LogP contribution < -0.4 is 5.32 Å². The Bertz CT molecular complexity index is 1510. The highest BCUT2D eigenvalue weighted by Gasteiger charge is 2.62. The van der Waals surface area contributed by atoms with E-state index in [1.165, 1.54) is 31.2 Å². The molecule has 1 aromatic heterocycles. The summed E-state index contributed by atoms with van der Waals surface area (Å²) in [6.45, 7) is 4.49. The van der Waals surface area contributed by atoms with Crippen molar-refractivity contribution >= 4 is 40.8 Å². The molecule has 4 rings (SSSR count). The number of rotatable bonds is 6. The molecule has 212 valence electrons. The van der Waals surface area contributed by atoms with Crippen molar-refractivity contribution in [2.75, 3.05) is 5.32 Å². The van der Waals surface area contributed by atoms with Crippen molar-refractivity contribution < 1.29 is 40.4 Å². The second-order valence-corrected chi connectivity index (χ2v) is 9.41. The van der Waals surface area contributed by atoms with E-state index in [0.29, 0.717) is 4.68 Å². The van der Waals surface area contributed by atoms with E-state index in [2.05, 4.69) is 27.1 Å². The molecule has 1 atom stereocenters. The average molecular weight is 610 g/mol. The number of oxime groups is 1. The predicted octanol–water partition coefficient (Wildman–Crippen LogP) is 7.07. The summed E-state index contributed by atoms with van der Waals surface area (Å²) >= 11 is 11.4. The zero-order valence-corrected chi connectivity index (χ0v) is 21.6. The molecule has 0 saturated carbocycles. The van der Waals surface area contributed by atoms with Crippen LogP contribution in [-0.2, 0) is 23.2 Å². The second kappa shape index (κ2) is 10.4. The summed E-state index contributed by atoms with van der Waals surface area (Å²) in [6, 6.07) is 5.38. The second-order valence-electron chi connectivity index (χ2n) is 8.60. The monoisotopic (exact) mass is 609 g/mol. The first kappa shape index (κ1) is 29.3. The highest BCUT2D eigenvalue weighted by atomic mass is 35.5. The van der Waals surface area contributed by atoms with Crippen LogP contribution in [-0.4, -0.2) is 32.6 Å². The topological polar surface area (TPSA) is 81.4 Å². The van der Waals surface area contributed by atoms with Gasteiger partial charge < -0.3 is 4.84 Å². The van der Waals surface area contributed by atoms with Crippen LogP contribution in [0.4, 0.5) is 36.7 Å². The molecule has 0 saturated heterocycles. The molecule has 0 bridgehead atoms. The van der Waals surface area contributed by atoms with E-state index >= 15 is 0 Å². The van der Waals surface area contributed by atoms with Gasteiger partial charge in [-0.3, -0.25) is 10.1 Å². The summed E-state index contributed by atoms with van der Waals surface area (Å²) in [5, 5.41) is 8.12. The quantitative estimate of drug-likeness (QED) is 0.184. The first-order chi connectivity index (χ1) is 18.6. The molecule has 2 heterocycles. The molecule has 1 aliphatic rings. The number of aromatic nitrogens is 3. The number of carbonyl (C=O) groups is 1. The normalized spacial score (nSPS) is 17.4. The van der Waals surface area contributed by atoms with Crippen LogP contribution >= 0.6 is 23.2 Å². The van der Waals surface area contributed by atoms with Crippen LogP contribution in [0.15, 0.2) is 48.1 Å². The average Bonchev–Trinajstić information content (AvgIpc) is 3.48. The zero-order chi connectivity index (χ0) is 29.6. The number of alkyl halides is 6. The van der Waals surface area contributed by atoms with Crippen molar-refractivity contribution in [1.82, 2.24) is 14.8 Å². The fraction of sp³-hybridized carbons (Fsp3) is 0.250. The van der Waals surface area contributed by atoms with Gasteiger partial charge in [0.2, 0.25) is 11.8 Å². The Morgan fingerprint density at radius 2 is 1.82 bits per heavy atom. The SMILES string of the molecule is C=CCn1nc(NC(=O)c2ccc(C3=NOC(c4cc(Cl)c(F)c(Cl)c4)(C(F)(F)F)C3)cc2C)nc1C(F)(F)F. The number of amides is 1. The minimum absolute atomic E-state index is 0.0175. The van der Waals surface area contributed by atoms with Crippen LogP contribution in [0.3, 0.4) is 0 Å². The van der Waals surface area contributed by atoms with Gasteiger partial charge in [-0.25, -0.2) is 9.07 Å². The van der Waals surface area contributed by atoms with Gasteiger partial charge >= 0.3 is 12.4 Å². The van der Waals surface area contributed by atoms with Crippen LogP contribution in [0.2, 0.25) is 10.0 Å². The summed E-state index contributed by atoms with van der Waals surface area (Å²) in [4.78, 5) is 21.0. The highest BCUT2D eigenvalue weighted by Crippen LogP contribution is 2.50. The highest BCUT2D eigenvalue weighted by molar-refractivity contribution is 6.35. The van der Waals surface area contributed by atoms with Crippen LogP contribution in [0.25, 0.3) is 0 Å². The molecule has 1 unspecified atom stereocenters. The number of nitrogens with zero attached hydrogens (tertiary/aromatic N) is 4. The van der Waals surface area contributed by atoms with Gasteiger partial charge in [0.05, 0.1) is 22.3 Å². The molecule has 1 aliphatic heterocycles. The lowest BCUT2D eigenvalue weighted by atomic mass is 9.86. The van der Waals surface area contributed by atoms with Crippen molar-refractivity contribution in [3.05, 3.63) is 86.9 Å². The molecule has 7 nitrogen and oxygen atoms in total. The Kier molecular flexibility index (Phi) is 7.62. The fourth-order valence-electron chi connectivity index (χ4n) is 3.97. The molecular formula is C24H16Cl2F7N5O2. The van der Waals surface area contributed by atoms with E-state index in [1.807, 2.05) is 0 Å². The lowest BCUT2D eigenvalue weighted by molar-refractivity contribution is -0.275. The molecule has 0 spiro atoms. The number of hydrogen-bond acceptors (Lipinski definition) is 5. The van der Waals surface area contributed by atoms with Crippen molar-refractivity contribution in [3.63, 3.8) is 0 Å². The van der Waals surface area contributed by atoms with Crippen molar-refractivity contribution in [3.8, 4) is 0 Å². The first-order valence-electron chi connectivity index (χ1n) is 11.1. The van der Waals surface area contributed by atoms with E-state index < -0.39 is 63.5 Å². The lowest BCUT2D eigenvalue weighted by Gasteiger charge is -2.29. The van der Waals surface area contributed by atoms with Gasteiger partial charge in [-0.1, -0.05) is 40.5 Å². The maximum absolute atomic E-state index is 14.2. The van der Waals surface area contributed by atoms with Crippen LogP contribution in [0, 0.1) is 12.7 Å².